The minimum Gasteiger partial charge on any atom is -0.461 e. The number of hydrogen-bond acceptors (Lipinski definition) is 6. The van der Waals surface area contributed by atoms with Crippen LogP contribution in [0, 0.1) is 5.41 Å². The highest BCUT2D eigenvalue weighted by Crippen LogP contribution is 2.42. The molecule has 0 radical (unpaired) electrons. The van der Waals surface area contributed by atoms with Gasteiger partial charge in [-0.15, -0.1) is 0 Å². The van der Waals surface area contributed by atoms with Crippen molar-refractivity contribution in [1.29, 1.82) is 5.41 Å². The lowest BCUT2D eigenvalue weighted by atomic mass is 10.2. The molecule has 1 aliphatic heterocycles. The summed E-state index contributed by atoms with van der Waals surface area (Å²) in [6, 6.07) is 11.4. The Bertz CT molecular complexity index is 1030. The maximum absolute atomic E-state index is 11.0. The monoisotopic (exact) mass is 453 g/mol. The molecule has 0 unspecified atom stereocenters. The summed E-state index contributed by atoms with van der Waals surface area (Å²) in [6.45, 7) is 7.02. The standard InChI is InChI=1S/C21H20BrN5O2/c1-4-11-24-19(23)13(2)20-25-17-9-10-18(22)26-21(17)27(20)16-7-5-15(6-8-16)12-29-14(3)28/h4-11,23,25H,1,12H2,2-3H3. The minimum absolute atomic E-state index is 0.121. The molecule has 0 bridgehead atoms. The zero-order valence-corrected chi connectivity index (χ0v) is 17.7. The first-order chi connectivity index (χ1) is 13.9. The molecule has 7 nitrogen and oxygen atoms in total. The summed E-state index contributed by atoms with van der Waals surface area (Å²) in [4.78, 5) is 21.6. The van der Waals surface area contributed by atoms with E-state index >= 15 is 0 Å². The summed E-state index contributed by atoms with van der Waals surface area (Å²) in [6.07, 6.45) is 3.01. The van der Waals surface area contributed by atoms with Crippen LogP contribution >= 0.6 is 15.9 Å². The molecule has 1 aliphatic rings. The van der Waals surface area contributed by atoms with Crippen molar-refractivity contribution in [2.24, 2.45) is 4.99 Å². The van der Waals surface area contributed by atoms with Gasteiger partial charge in [-0.1, -0.05) is 24.8 Å². The zero-order valence-electron chi connectivity index (χ0n) is 16.1. The predicted octanol–water partition coefficient (Wildman–Crippen LogP) is 4.94. The van der Waals surface area contributed by atoms with Crippen molar-refractivity contribution in [1.82, 2.24) is 4.98 Å². The Labute approximate surface area is 177 Å². The Balaban J connectivity index is 2.03. The molecule has 0 amide bonds. The Hall–Kier alpha value is -3.26. The van der Waals surface area contributed by atoms with Crippen molar-refractivity contribution < 1.29 is 9.53 Å². The number of carbonyl (C=O) groups excluding carboxylic acids is 1. The van der Waals surface area contributed by atoms with Gasteiger partial charge in [-0.2, -0.15) is 0 Å². The highest BCUT2D eigenvalue weighted by Gasteiger charge is 2.29. The normalized spacial score (nSPS) is 14.4. The molecule has 29 heavy (non-hydrogen) atoms. The summed E-state index contributed by atoms with van der Waals surface area (Å²) in [5.74, 6) is 1.21. The summed E-state index contributed by atoms with van der Waals surface area (Å²) in [5, 5.41) is 11.6. The molecule has 0 aliphatic carbocycles. The molecule has 0 saturated carbocycles. The Morgan fingerprint density at radius 3 is 2.69 bits per heavy atom. The number of anilines is 3. The summed E-state index contributed by atoms with van der Waals surface area (Å²) >= 11 is 3.42. The highest BCUT2D eigenvalue weighted by atomic mass is 79.9. The van der Waals surface area contributed by atoms with E-state index in [0.717, 1.165) is 16.9 Å². The van der Waals surface area contributed by atoms with E-state index in [-0.39, 0.29) is 18.4 Å². The molecule has 2 N–H and O–H groups in total. The number of pyridine rings is 1. The molecule has 2 heterocycles. The number of esters is 1. The third kappa shape index (κ3) is 4.60. The number of nitrogens with one attached hydrogen (secondary N) is 2. The molecule has 2 aromatic rings. The summed E-state index contributed by atoms with van der Waals surface area (Å²) < 4.78 is 5.75. The van der Waals surface area contributed by atoms with Crippen LogP contribution in [0.1, 0.15) is 19.4 Å². The first-order valence-electron chi connectivity index (χ1n) is 8.81. The van der Waals surface area contributed by atoms with E-state index in [1.165, 1.54) is 19.2 Å². The van der Waals surface area contributed by atoms with Crippen molar-refractivity contribution >= 4 is 51.1 Å². The van der Waals surface area contributed by atoms with Gasteiger partial charge in [0.05, 0.1) is 5.69 Å². The number of halogens is 1. The van der Waals surface area contributed by atoms with E-state index in [0.29, 0.717) is 21.8 Å². The van der Waals surface area contributed by atoms with Gasteiger partial charge in [0.1, 0.15) is 17.0 Å². The molecular weight excluding hydrogens is 434 g/mol. The first-order valence-corrected chi connectivity index (χ1v) is 9.61. The van der Waals surface area contributed by atoms with Gasteiger partial charge in [0, 0.05) is 24.4 Å². The zero-order chi connectivity index (χ0) is 21.0. The van der Waals surface area contributed by atoms with Crippen molar-refractivity contribution in [3.05, 3.63) is 70.6 Å². The van der Waals surface area contributed by atoms with Crippen LogP contribution in [-0.4, -0.2) is 23.0 Å². The number of rotatable bonds is 5. The van der Waals surface area contributed by atoms with Crippen LogP contribution in [0.15, 0.2) is 70.0 Å². The fourth-order valence-electron chi connectivity index (χ4n) is 2.76. The number of carbonyl (C=O) groups is 1. The Kier molecular flexibility index (Phi) is 6.23. The second-order valence-electron chi connectivity index (χ2n) is 6.25. The Morgan fingerprint density at radius 1 is 1.31 bits per heavy atom. The van der Waals surface area contributed by atoms with Gasteiger partial charge in [-0.25, -0.2) is 9.98 Å². The maximum atomic E-state index is 11.0. The molecule has 148 valence electrons. The lowest BCUT2D eigenvalue weighted by Crippen LogP contribution is -2.19. The van der Waals surface area contributed by atoms with Crippen LogP contribution in [0.3, 0.4) is 0 Å². The third-order valence-corrected chi connectivity index (χ3v) is 4.63. The topological polar surface area (TPSA) is 90.7 Å². The van der Waals surface area contributed by atoms with Crippen LogP contribution in [0.25, 0.3) is 0 Å². The van der Waals surface area contributed by atoms with Crippen LogP contribution in [0.4, 0.5) is 17.2 Å². The molecular formula is C21H20BrN5O2. The van der Waals surface area contributed by atoms with E-state index in [2.05, 4.69) is 37.8 Å². The molecule has 1 aromatic carbocycles. The lowest BCUT2D eigenvalue weighted by molar-refractivity contribution is -0.142. The summed E-state index contributed by atoms with van der Waals surface area (Å²) in [5.41, 5.74) is 3.21. The second-order valence-corrected chi connectivity index (χ2v) is 7.06. The highest BCUT2D eigenvalue weighted by molar-refractivity contribution is 9.10. The fourth-order valence-corrected chi connectivity index (χ4v) is 3.06. The van der Waals surface area contributed by atoms with E-state index in [1.807, 2.05) is 48.2 Å². The number of benzene rings is 1. The molecule has 0 atom stereocenters. The van der Waals surface area contributed by atoms with Crippen molar-refractivity contribution in [3.8, 4) is 0 Å². The number of fused-ring (bicyclic) bond motifs is 1. The largest absolute Gasteiger partial charge is 0.461 e. The number of ether oxygens (including phenoxy) is 1. The quantitative estimate of drug-likeness (QED) is 0.289. The predicted molar refractivity (Wildman–Crippen MR) is 119 cm³/mol. The van der Waals surface area contributed by atoms with E-state index < -0.39 is 0 Å². The van der Waals surface area contributed by atoms with Gasteiger partial charge < -0.3 is 10.1 Å². The van der Waals surface area contributed by atoms with E-state index in [4.69, 9.17) is 10.1 Å². The number of aliphatic imine (C=N–C) groups is 1. The van der Waals surface area contributed by atoms with Gasteiger partial charge in [-0.05, 0) is 52.7 Å². The smallest absolute Gasteiger partial charge is 0.302 e. The van der Waals surface area contributed by atoms with Gasteiger partial charge >= 0.3 is 5.97 Å². The lowest BCUT2D eigenvalue weighted by Gasteiger charge is -2.21. The molecule has 0 saturated heterocycles. The molecule has 1 aromatic heterocycles. The first kappa shape index (κ1) is 20.5. The number of nitrogens with zero attached hydrogens (tertiary/aromatic N) is 3. The van der Waals surface area contributed by atoms with Gasteiger partial charge in [0.25, 0.3) is 0 Å². The number of aromatic nitrogens is 1. The molecule has 8 heteroatoms. The summed E-state index contributed by atoms with van der Waals surface area (Å²) in [7, 11) is 0. The number of allylic oxidation sites excluding steroid dienone is 1. The van der Waals surface area contributed by atoms with Crippen LogP contribution < -0.4 is 10.2 Å². The average molecular weight is 454 g/mol. The van der Waals surface area contributed by atoms with Crippen LogP contribution in [-0.2, 0) is 16.1 Å². The van der Waals surface area contributed by atoms with Crippen LogP contribution in [0.5, 0.6) is 0 Å². The van der Waals surface area contributed by atoms with E-state index in [9.17, 15) is 4.79 Å². The number of amidine groups is 1. The van der Waals surface area contributed by atoms with Crippen molar-refractivity contribution in [2.75, 3.05) is 10.2 Å². The molecule has 0 fully saturated rings. The van der Waals surface area contributed by atoms with E-state index in [1.54, 1.807) is 0 Å². The van der Waals surface area contributed by atoms with Gasteiger partial charge in [0.15, 0.2) is 11.7 Å². The Morgan fingerprint density at radius 2 is 2.03 bits per heavy atom. The van der Waals surface area contributed by atoms with Crippen molar-refractivity contribution in [2.45, 2.75) is 20.5 Å². The minimum atomic E-state index is -0.319. The fraction of sp³-hybridized carbons (Fsp3) is 0.143. The SMILES string of the molecule is C=CC=NC(=N)C(C)=C1Nc2ccc(Br)nc2N1c1ccc(COC(C)=O)cc1. The third-order valence-electron chi connectivity index (χ3n) is 4.19. The second kappa shape index (κ2) is 8.83. The van der Waals surface area contributed by atoms with Gasteiger partial charge in [0.2, 0.25) is 0 Å². The molecule has 0 spiro atoms. The number of hydrogen-bond donors (Lipinski definition) is 2. The molecule has 3 rings (SSSR count). The average Bonchev–Trinajstić information content (AvgIpc) is 3.08. The maximum Gasteiger partial charge on any atom is 0.302 e. The van der Waals surface area contributed by atoms with Crippen molar-refractivity contribution in [3.63, 3.8) is 0 Å². The van der Waals surface area contributed by atoms with Gasteiger partial charge in [-0.3, -0.25) is 15.1 Å². The van der Waals surface area contributed by atoms with Crippen LogP contribution in [0.2, 0.25) is 0 Å².